The maximum absolute atomic E-state index is 4.47. The van der Waals surface area contributed by atoms with Crippen molar-refractivity contribution in [3.05, 3.63) is 16.1 Å². The highest BCUT2D eigenvalue weighted by Crippen LogP contribution is 2.17. The fourth-order valence-electron chi connectivity index (χ4n) is 2.52. The third-order valence-electron chi connectivity index (χ3n) is 3.61. The maximum atomic E-state index is 4.47. The molecule has 1 aliphatic heterocycles. The van der Waals surface area contributed by atoms with Crippen LogP contribution in [0.15, 0.2) is 5.38 Å². The molecule has 0 amide bonds. The zero-order valence-electron chi connectivity index (χ0n) is 11.4. The summed E-state index contributed by atoms with van der Waals surface area (Å²) >= 11 is 1.78. The van der Waals surface area contributed by atoms with E-state index in [9.17, 15) is 0 Å². The van der Waals surface area contributed by atoms with Crippen LogP contribution in [-0.2, 0) is 6.42 Å². The van der Waals surface area contributed by atoms with E-state index < -0.39 is 0 Å². The second-order valence-electron chi connectivity index (χ2n) is 5.22. The predicted molar refractivity (Wildman–Crippen MR) is 78.3 cm³/mol. The van der Waals surface area contributed by atoms with E-state index in [1.54, 1.807) is 11.3 Å². The summed E-state index contributed by atoms with van der Waals surface area (Å²) in [5.74, 6) is 0.967. The molecule has 4 heteroatoms. The highest BCUT2D eigenvalue weighted by molar-refractivity contribution is 7.09. The topological polar surface area (TPSA) is 37.0 Å². The Labute approximate surface area is 114 Å². The molecule has 18 heavy (non-hydrogen) atoms. The Hall–Kier alpha value is -0.450. The van der Waals surface area contributed by atoms with Crippen LogP contribution in [0.5, 0.6) is 0 Å². The lowest BCUT2D eigenvalue weighted by molar-refractivity contribution is 0.345. The zero-order chi connectivity index (χ0) is 12.6. The van der Waals surface area contributed by atoms with E-state index >= 15 is 0 Å². The second-order valence-corrected chi connectivity index (χ2v) is 6.16. The fourth-order valence-corrected chi connectivity index (χ4v) is 3.30. The summed E-state index contributed by atoms with van der Waals surface area (Å²) in [6, 6.07) is 0. The van der Waals surface area contributed by atoms with Gasteiger partial charge in [0, 0.05) is 24.0 Å². The number of thiazole rings is 1. The van der Waals surface area contributed by atoms with E-state index in [0.717, 1.165) is 31.1 Å². The number of aryl methyl sites for hydroxylation is 1. The smallest absolute Gasteiger partial charge is 0.0940 e. The van der Waals surface area contributed by atoms with Gasteiger partial charge >= 0.3 is 0 Å². The zero-order valence-corrected chi connectivity index (χ0v) is 12.2. The van der Waals surface area contributed by atoms with Gasteiger partial charge in [0.2, 0.25) is 0 Å². The molecule has 0 unspecified atom stereocenters. The van der Waals surface area contributed by atoms with Gasteiger partial charge < -0.3 is 10.6 Å². The fraction of sp³-hybridized carbons (Fsp3) is 0.786. The van der Waals surface area contributed by atoms with Crippen LogP contribution in [-0.4, -0.2) is 31.2 Å². The summed E-state index contributed by atoms with van der Waals surface area (Å²) < 4.78 is 0. The van der Waals surface area contributed by atoms with E-state index in [0.29, 0.717) is 0 Å². The van der Waals surface area contributed by atoms with Crippen LogP contribution in [0.25, 0.3) is 0 Å². The van der Waals surface area contributed by atoms with E-state index in [1.165, 1.54) is 43.8 Å². The first kappa shape index (κ1) is 14.0. The number of hydrogen-bond donors (Lipinski definition) is 2. The molecule has 0 aliphatic carbocycles. The molecule has 3 nitrogen and oxygen atoms in total. The lowest BCUT2D eigenvalue weighted by Gasteiger charge is -2.22. The average Bonchev–Trinajstić information content (AvgIpc) is 2.81. The van der Waals surface area contributed by atoms with Gasteiger partial charge in [-0.05, 0) is 58.2 Å². The number of hydrogen-bond acceptors (Lipinski definition) is 4. The van der Waals surface area contributed by atoms with Crippen LogP contribution >= 0.6 is 11.3 Å². The summed E-state index contributed by atoms with van der Waals surface area (Å²) in [5.41, 5.74) is 1.15. The van der Waals surface area contributed by atoms with Gasteiger partial charge in [-0.3, -0.25) is 0 Å². The van der Waals surface area contributed by atoms with Crippen molar-refractivity contribution < 1.29 is 0 Å². The van der Waals surface area contributed by atoms with Crippen LogP contribution in [0.1, 0.15) is 36.4 Å². The third kappa shape index (κ3) is 5.04. The van der Waals surface area contributed by atoms with Crippen LogP contribution in [0.3, 0.4) is 0 Å². The molecule has 2 heterocycles. The van der Waals surface area contributed by atoms with E-state index in [1.807, 2.05) is 0 Å². The molecule has 0 spiro atoms. The van der Waals surface area contributed by atoms with Crippen molar-refractivity contribution in [1.82, 2.24) is 15.6 Å². The SMILES string of the molecule is Cc1csc(CCNCCCC2CCNCC2)n1. The normalized spacial score (nSPS) is 17.2. The molecule has 102 valence electrons. The minimum absolute atomic E-state index is 0.967. The Morgan fingerprint density at radius 2 is 2.22 bits per heavy atom. The maximum Gasteiger partial charge on any atom is 0.0940 e. The summed E-state index contributed by atoms with van der Waals surface area (Å²) in [5, 5.41) is 10.4. The highest BCUT2D eigenvalue weighted by atomic mass is 32.1. The van der Waals surface area contributed by atoms with E-state index in [-0.39, 0.29) is 0 Å². The van der Waals surface area contributed by atoms with E-state index in [2.05, 4.69) is 27.9 Å². The van der Waals surface area contributed by atoms with Gasteiger partial charge in [-0.25, -0.2) is 4.98 Å². The van der Waals surface area contributed by atoms with Crippen molar-refractivity contribution >= 4 is 11.3 Å². The molecule has 1 saturated heterocycles. The Morgan fingerprint density at radius 1 is 1.39 bits per heavy atom. The highest BCUT2D eigenvalue weighted by Gasteiger charge is 2.11. The summed E-state index contributed by atoms with van der Waals surface area (Å²) in [7, 11) is 0. The quantitative estimate of drug-likeness (QED) is 0.745. The molecule has 1 aliphatic rings. The molecule has 2 rings (SSSR count). The Morgan fingerprint density at radius 3 is 2.94 bits per heavy atom. The van der Waals surface area contributed by atoms with Crippen molar-refractivity contribution in [3.63, 3.8) is 0 Å². The van der Waals surface area contributed by atoms with Crippen LogP contribution < -0.4 is 10.6 Å². The molecule has 1 fully saturated rings. The van der Waals surface area contributed by atoms with Crippen LogP contribution in [0, 0.1) is 12.8 Å². The van der Waals surface area contributed by atoms with Gasteiger partial charge in [-0.15, -0.1) is 11.3 Å². The average molecular weight is 267 g/mol. The minimum Gasteiger partial charge on any atom is -0.317 e. The second kappa shape index (κ2) is 7.87. The van der Waals surface area contributed by atoms with Gasteiger partial charge in [0.05, 0.1) is 5.01 Å². The molecule has 2 N–H and O–H groups in total. The van der Waals surface area contributed by atoms with Crippen molar-refractivity contribution in [3.8, 4) is 0 Å². The van der Waals surface area contributed by atoms with E-state index in [4.69, 9.17) is 0 Å². The summed E-state index contributed by atoms with van der Waals surface area (Å²) in [6.07, 6.45) is 6.54. The minimum atomic E-state index is 0.967. The molecule has 0 aromatic carbocycles. The first-order valence-electron chi connectivity index (χ1n) is 7.17. The van der Waals surface area contributed by atoms with Gasteiger partial charge in [0.25, 0.3) is 0 Å². The number of nitrogens with zero attached hydrogens (tertiary/aromatic N) is 1. The predicted octanol–water partition coefficient (Wildman–Crippen LogP) is 2.36. The Bertz CT molecular complexity index is 332. The summed E-state index contributed by atoms with van der Waals surface area (Å²) in [6.45, 7) is 6.74. The third-order valence-corrected chi connectivity index (χ3v) is 4.63. The molecule has 0 bridgehead atoms. The molecule has 0 atom stereocenters. The van der Waals surface area contributed by atoms with Crippen molar-refractivity contribution in [2.45, 2.75) is 39.0 Å². The van der Waals surface area contributed by atoms with Gasteiger partial charge in [0.1, 0.15) is 0 Å². The summed E-state index contributed by atoms with van der Waals surface area (Å²) in [4.78, 5) is 4.47. The first-order valence-corrected chi connectivity index (χ1v) is 8.05. The number of rotatable bonds is 7. The van der Waals surface area contributed by atoms with Gasteiger partial charge in [-0.2, -0.15) is 0 Å². The van der Waals surface area contributed by atoms with Crippen LogP contribution in [0.4, 0.5) is 0 Å². The molecular weight excluding hydrogens is 242 g/mol. The van der Waals surface area contributed by atoms with Crippen molar-refractivity contribution in [2.24, 2.45) is 5.92 Å². The number of piperidine rings is 1. The number of aromatic nitrogens is 1. The monoisotopic (exact) mass is 267 g/mol. The Balaban J connectivity index is 1.46. The van der Waals surface area contributed by atoms with Crippen molar-refractivity contribution in [1.29, 1.82) is 0 Å². The molecule has 0 radical (unpaired) electrons. The Kier molecular flexibility index (Phi) is 6.11. The lowest BCUT2D eigenvalue weighted by atomic mass is 9.93. The molecular formula is C14H25N3S. The lowest BCUT2D eigenvalue weighted by Crippen LogP contribution is -2.28. The number of nitrogens with one attached hydrogen (secondary N) is 2. The standard InChI is InChI=1S/C14H25N3S/c1-12-11-18-14(17-12)6-10-15-7-2-3-13-4-8-16-9-5-13/h11,13,15-16H,2-10H2,1H3. The van der Waals surface area contributed by atoms with Crippen molar-refractivity contribution in [2.75, 3.05) is 26.2 Å². The molecule has 0 saturated carbocycles. The molecule has 1 aromatic rings. The van der Waals surface area contributed by atoms with Gasteiger partial charge in [-0.1, -0.05) is 0 Å². The first-order chi connectivity index (χ1) is 8.84. The largest absolute Gasteiger partial charge is 0.317 e. The van der Waals surface area contributed by atoms with Gasteiger partial charge in [0.15, 0.2) is 0 Å². The van der Waals surface area contributed by atoms with Crippen LogP contribution in [0.2, 0.25) is 0 Å². The molecule has 1 aromatic heterocycles.